The van der Waals surface area contributed by atoms with Gasteiger partial charge in [-0.3, -0.25) is 14.7 Å². The number of β-amino-alcohol motifs (C(OH)–C–C–N with tert-alkyl or cyclic N) is 1. The standard InChI is InChI=1S/C27H32N4O2/c1-3-6-24(16-28-2)29-23-10-9-21-12-14-31(27(33)26(21)15-23)19-25(32)18-30-13-11-20-7-4-5-8-22(20)17-30/h3-10,15-16,25,29,32H,2,11-14,17-19H2,1H3/b6-3-,24-16+. The smallest absolute Gasteiger partial charge is 0.254 e. The highest BCUT2D eigenvalue weighted by Crippen LogP contribution is 2.24. The first-order valence-electron chi connectivity index (χ1n) is 11.5. The third kappa shape index (κ3) is 5.59. The van der Waals surface area contributed by atoms with Crippen LogP contribution in [0.2, 0.25) is 0 Å². The lowest BCUT2D eigenvalue weighted by Gasteiger charge is -2.34. The zero-order valence-corrected chi connectivity index (χ0v) is 19.2. The van der Waals surface area contributed by atoms with Crippen LogP contribution in [0.25, 0.3) is 0 Å². The number of hydrogen-bond acceptors (Lipinski definition) is 5. The number of aliphatic imine (C=N–C) groups is 1. The Morgan fingerprint density at radius 3 is 2.73 bits per heavy atom. The molecule has 6 heteroatoms. The molecule has 4 rings (SSSR count). The Morgan fingerprint density at radius 1 is 1.15 bits per heavy atom. The maximum atomic E-state index is 13.2. The van der Waals surface area contributed by atoms with E-state index in [2.05, 4.69) is 46.2 Å². The number of hydrogen-bond donors (Lipinski definition) is 2. The zero-order chi connectivity index (χ0) is 23.2. The van der Waals surface area contributed by atoms with Gasteiger partial charge < -0.3 is 15.3 Å². The van der Waals surface area contributed by atoms with Crippen LogP contribution in [0.5, 0.6) is 0 Å². The van der Waals surface area contributed by atoms with Crippen LogP contribution in [-0.2, 0) is 19.4 Å². The van der Waals surface area contributed by atoms with Gasteiger partial charge in [0.2, 0.25) is 0 Å². The minimum absolute atomic E-state index is 0.0265. The second-order valence-electron chi connectivity index (χ2n) is 8.67. The number of aliphatic hydroxyl groups excluding tert-OH is 1. The second kappa shape index (κ2) is 10.6. The third-order valence-corrected chi connectivity index (χ3v) is 6.25. The molecule has 1 atom stereocenters. The number of allylic oxidation sites excluding steroid dienone is 2. The van der Waals surface area contributed by atoms with Crippen LogP contribution in [0.4, 0.5) is 5.69 Å². The number of fused-ring (bicyclic) bond motifs is 2. The molecule has 2 aromatic carbocycles. The van der Waals surface area contributed by atoms with E-state index >= 15 is 0 Å². The molecular formula is C27H32N4O2. The van der Waals surface area contributed by atoms with Gasteiger partial charge in [-0.05, 0) is 61.4 Å². The molecule has 33 heavy (non-hydrogen) atoms. The Kier molecular flexibility index (Phi) is 7.37. The Hall–Kier alpha value is -3.22. The zero-order valence-electron chi connectivity index (χ0n) is 19.2. The molecule has 0 bridgehead atoms. The lowest BCUT2D eigenvalue weighted by Crippen LogP contribution is -2.46. The van der Waals surface area contributed by atoms with Crippen molar-refractivity contribution in [3.63, 3.8) is 0 Å². The summed E-state index contributed by atoms with van der Waals surface area (Å²) < 4.78 is 0. The van der Waals surface area contributed by atoms with Crippen molar-refractivity contribution in [3.8, 4) is 0 Å². The Balaban J connectivity index is 1.39. The fourth-order valence-electron chi connectivity index (χ4n) is 4.65. The van der Waals surface area contributed by atoms with Gasteiger partial charge in [0, 0.05) is 50.2 Å². The van der Waals surface area contributed by atoms with Crippen molar-refractivity contribution < 1.29 is 9.90 Å². The Bertz CT molecular complexity index is 1080. The highest BCUT2D eigenvalue weighted by molar-refractivity contribution is 5.97. The summed E-state index contributed by atoms with van der Waals surface area (Å²) in [5, 5.41) is 14.1. The summed E-state index contributed by atoms with van der Waals surface area (Å²) in [6.45, 7) is 8.76. The first-order chi connectivity index (χ1) is 16.1. The van der Waals surface area contributed by atoms with E-state index in [-0.39, 0.29) is 5.91 Å². The van der Waals surface area contributed by atoms with Crippen LogP contribution in [0.1, 0.15) is 34.0 Å². The van der Waals surface area contributed by atoms with Crippen LogP contribution in [0, 0.1) is 0 Å². The quantitative estimate of drug-likeness (QED) is 0.482. The minimum atomic E-state index is -0.579. The fourth-order valence-corrected chi connectivity index (χ4v) is 4.65. The summed E-state index contributed by atoms with van der Waals surface area (Å²) in [4.78, 5) is 21.1. The molecule has 0 aromatic heterocycles. The van der Waals surface area contributed by atoms with E-state index < -0.39 is 6.10 Å². The van der Waals surface area contributed by atoms with E-state index in [4.69, 9.17) is 0 Å². The van der Waals surface area contributed by atoms with Gasteiger partial charge in [-0.2, -0.15) is 0 Å². The molecule has 0 radical (unpaired) electrons. The number of amides is 1. The van der Waals surface area contributed by atoms with Gasteiger partial charge in [0.15, 0.2) is 0 Å². The van der Waals surface area contributed by atoms with E-state index in [0.29, 0.717) is 25.2 Å². The molecule has 0 saturated carbocycles. The van der Waals surface area contributed by atoms with Crippen molar-refractivity contribution in [3.05, 3.63) is 88.8 Å². The Labute approximate surface area is 195 Å². The summed E-state index contributed by atoms with van der Waals surface area (Å²) in [6, 6.07) is 14.4. The minimum Gasteiger partial charge on any atom is -0.390 e. The van der Waals surface area contributed by atoms with E-state index in [1.54, 1.807) is 11.1 Å². The molecule has 6 nitrogen and oxygen atoms in total. The van der Waals surface area contributed by atoms with Crippen LogP contribution in [0.15, 0.2) is 71.5 Å². The van der Waals surface area contributed by atoms with Gasteiger partial charge >= 0.3 is 0 Å². The van der Waals surface area contributed by atoms with E-state index in [1.165, 1.54) is 11.1 Å². The molecule has 2 heterocycles. The van der Waals surface area contributed by atoms with Gasteiger partial charge in [0.25, 0.3) is 5.91 Å². The van der Waals surface area contributed by atoms with Gasteiger partial charge in [-0.15, -0.1) is 0 Å². The van der Waals surface area contributed by atoms with Crippen molar-refractivity contribution in [2.45, 2.75) is 32.4 Å². The number of nitrogens with one attached hydrogen (secondary N) is 1. The molecule has 1 unspecified atom stereocenters. The summed E-state index contributed by atoms with van der Waals surface area (Å²) in [5.74, 6) is -0.0265. The number of nitrogens with zero attached hydrogens (tertiary/aromatic N) is 3. The predicted octanol–water partition coefficient (Wildman–Crippen LogP) is 3.63. The number of rotatable bonds is 8. The molecule has 2 N–H and O–H groups in total. The number of anilines is 1. The number of benzene rings is 2. The van der Waals surface area contributed by atoms with Crippen molar-refractivity contribution >= 4 is 18.3 Å². The molecular weight excluding hydrogens is 412 g/mol. The summed E-state index contributed by atoms with van der Waals surface area (Å²) in [6.07, 6.45) is 6.67. The topological polar surface area (TPSA) is 68.2 Å². The number of carbonyl (C=O) groups excluding carboxylic acids is 1. The highest BCUT2D eigenvalue weighted by Gasteiger charge is 2.27. The largest absolute Gasteiger partial charge is 0.390 e. The van der Waals surface area contributed by atoms with E-state index in [9.17, 15) is 9.90 Å². The van der Waals surface area contributed by atoms with Crippen molar-refractivity contribution in [1.82, 2.24) is 9.80 Å². The SMILES string of the molecule is C=N/C=C(\C=C/C)Nc1ccc2c(c1)C(=O)N(CC(O)CN1CCc3ccccc3C1)CC2. The molecule has 0 saturated heterocycles. The Morgan fingerprint density at radius 2 is 1.94 bits per heavy atom. The molecule has 2 aliphatic heterocycles. The molecule has 2 aromatic rings. The number of aliphatic hydroxyl groups is 1. The van der Waals surface area contributed by atoms with E-state index in [0.717, 1.165) is 42.9 Å². The maximum Gasteiger partial charge on any atom is 0.254 e. The molecule has 0 fully saturated rings. The second-order valence-corrected chi connectivity index (χ2v) is 8.67. The fraction of sp³-hybridized carbons (Fsp3) is 0.333. The van der Waals surface area contributed by atoms with Gasteiger partial charge in [-0.1, -0.05) is 36.4 Å². The van der Waals surface area contributed by atoms with Crippen molar-refractivity contribution in [2.24, 2.45) is 4.99 Å². The van der Waals surface area contributed by atoms with Crippen LogP contribution < -0.4 is 5.32 Å². The summed E-state index contributed by atoms with van der Waals surface area (Å²) in [7, 11) is 0. The van der Waals surface area contributed by atoms with Gasteiger partial charge in [0.05, 0.1) is 11.8 Å². The molecule has 0 spiro atoms. The lowest BCUT2D eigenvalue weighted by molar-refractivity contribution is 0.0493. The summed E-state index contributed by atoms with van der Waals surface area (Å²) >= 11 is 0. The predicted molar refractivity (Wildman–Crippen MR) is 134 cm³/mol. The molecule has 2 aliphatic rings. The van der Waals surface area contributed by atoms with Gasteiger partial charge in [0.1, 0.15) is 0 Å². The molecule has 0 aliphatic carbocycles. The average molecular weight is 445 g/mol. The molecule has 172 valence electrons. The summed E-state index contributed by atoms with van der Waals surface area (Å²) in [5.41, 5.74) is 6.08. The van der Waals surface area contributed by atoms with Gasteiger partial charge in [-0.25, -0.2) is 0 Å². The van der Waals surface area contributed by atoms with Crippen LogP contribution >= 0.6 is 0 Å². The van der Waals surface area contributed by atoms with Crippen LogP contribution in [0.3, 0.4) is 0 Å². The monoisotopic (exact) mass is 444 g/mol. The average Bonchev–Trinajstić information content (AvgIpc) is 2.81. The lowest BCUT2D eigenvalue weighted by atomic mass is 9.97. The van der Waals surface area contributed by atoms with E-state index in [1.807, 2.05) is 37.3 Å². The molecule has 1 amide bonds. The first-order valence-corrected chi connectivity index (χ1v) is 11.5. The van der Waals surface area contributed by atoms with Crippen molar-refractivity contribution in [2.75, 3.05) is 31.5 Å². The normalized spacial score (nSPS) is 17.6. The van der Waals surface area contributed by atoms with Crippen molar-refractivity contribution in [1.29, 1.82) is 0 Å². The third-order valence-electron chi connectivity index (χ3n) is 6.25. The maximum absolute atomic E-state index is 13.2. The highest BCUT2D eigenvalue weighted by atomic mass is 16.3. The first kappa shape index (κ1) is 23.0. The number of carbonyl (C=O) groups is 1. The van der Waals surface area contributed by atoms with Crippen LogP contribution in [-0.4, -0.2) is 59.8 Å².